The summed E-state index contributed by atoms with van der Waals surface area (Å²) < 4.78 is 6.88. The first kappa shape index (κ1) is 38.9. The van der Waals surface area contributed by atoms with Gasteiger partial charge in [-0.2, -0.15) is 0 Å². The van der Waals surface area contributed by atoms with Crippen LogP contribution in [0.5, 0.6) is 0 Å². The van der Waals surface area contributed by atoms with Gasteiger partial charge in [0.1, 0.15) is 11.2 Å². The first-order valence-electron chi connectivity index (χ1n) is 24.4. The van der Waals surface area contributed by atoms with Gasteiger partial charge in [0, 0.05) is 44.2 Å². The fourth-order valence-corrected chi connectivity index (χ4v) is 13.6. The van der Waals surface area contributed by atoms with E-state index in [9.17, 15) is 0 Å². The highest BCUT2D eigenvalue weighted by Crippen LogP contribution is 2.66. The van der Waals surface area contributed by atoms with Crippen LogP contribution < -0.4 is 4.90 Å². The molecule has 1 unspecified atom stereocenters. The molecule has 4 aliphatic carbocycles. The van der Waals surface area contributed by atoms with Crippen molar-refractivity contribution in [3.8, 4) is 55.6 Å². The molecule has 2 heteroatoms. The van der Waals surface area contributed by atoms with Crippen LogP contribution in [-0.4, -0.2) is 0 Å². The van der Waals surface area contributed by atoms with E-state index in [1.807, 2.05) is 0 Å². The molecule has 1 aromatic heterocycles. The Balaban J connectivity index is 0.966. The molecule has 0 N–H and O–H groups in total. The molecule has 326 valence electrons. The zero-order chi connectivity index (χ0) is 46.0. The molecule has 15 rings (SSSR count). The van der Waals surface area contributed by atoms with E-state index in [2.05, 4.69) is 245 Å². The second-order valence-corrected chi connectivity index (χ2v) is 20.7. The third-order valence-corrected chi connectivity index (χ3v) is 16.7. The largest absolute Gasteiger partial charge is 0.455 e. The maximum Gasteiger partial charge on any atom is 0.143 e. The lowest BCUT2D eigenvalue weighted by molar-refractivity contribution is 0.660. The standard InChI is InChI=1S/C67H47NO/c1-65(2)54-26-10-5-19-45(54)48-33-31-42(38-59(48)65)68(43-32-34-49-46-20-6-11-27-55(46)66(3,4)60(49)39-43)41-18-15-17-40(37-41)44-24-16-25-51-47-21-7-12-28-56(47)67(63(44)51)57-29-13-8-23-53(57)62-58(67)36-35-52-50-22-9-14-30-61(50)69-64(52)62/h5-39H,1-4H3. The summed E-state index contributed by atoms with van der Waals surface area (Å²) in [5, 5.41) is 2.30. The molecule has 11 aromatic rings. The lowest BCUT2D eigenvalue weighted by Gasteiger charge is -2.32. The van der Waals surface area contributed by atoms with Crippen LogP contribution in [0.4, 0.5) is 17.1 Å². The number of anilines is 3. The molecule has 0 amide bonds. The number of furan rings is 1. The van der Waals surface area contributed by atoms with Crippen LogP contribution >= 0.6 is 0 Å². The third kappa shape index (κ3) is 4.91. The predicted octanol–water partition coefficient (Wildman–Crippen LogP) is 17.7. The highest BCUT2D eigenvalue weighted by Gasteiger charge is 2.53. The molecule has 1 atom stereocenters. The van der Waals surface area contributed by atoms with E-state index in [-0.39, 0.29) is 10.8 Å². The monoisotopic (exact) mass is 881 g/mol. The summed E-state index contributed by atoms with van der Waals surface area (Å²) in [6, 6.07) is 79.9. The van der Waals surface area contributed by atoms with Gasteiger partial charge in [-0.15, -0.1) is 0 Å². The van der Waals surface area contributed by atoms with Crippen LogP contribution in [0, 0.1) is 0 Å². The molecule has 10 aromatic carbocycles. The van der Waals surface area contributed by atoms with Crippen LogP contribution in [0.15, 0.2) is 217 Å². The van der Waals surface area contributed by atoms with Crippen molar-refractivity contribution in [3.63, 3.8) is 0 Å². The number of benzene rings is 10. The van der Waals surface area contributed by atoms with Gasteiger partial charge in [0.25, 0.3) is 0 Å². The molecule has 2 nitrogen and oxygen atoms in total. The number of fused-ring (bicyclic) bond motifs is 20. The molecule has 0 bridgehead atoms. The Bertz CT molecular complexity index is 3940. The van der Waals surface area contributed by atoms with Crippen molar-refractivity contribution in [2.45, 2.75) is 43.9 Å². The van der Waals surface area contributed by atoms with Gasteiger partial charge in [-0.05, 0) is 137 Å². The predicted molar refractivity (Wildman–Crippen MR) is 285 cm³/mol. The van der Waals surface area contributed by atoms with Crippen LogP contribution in [0.3, 0.4) is 0 Å². The van der Waals surface area contributed by atoms with Crippen molar-refractivity contribution in [2.75, 3.05) is 4.90 Å². The Morgan fingerprint density at radius 3 is 1.49 bits per heavy atom. The lowest BCUT2D eigenvalue weighted by atomic mass is 9.68. The highest BCUT2D eigenvalue weighted by molar-refractivity contribution is 6.13. The third-order valence-electron chi connectivity index (χ3n) is 16.7. The smallest absolute Gasteiger partial charge is 0.143 e. The van der Waals surface area contributed by atoms with E-state index in [0.717, 1.165) is 39.0 Å². The maximum absolute atomic E-state index is 6.88. The Kier molecular flexibility index (Phi) is 7.60. The fourth-order valence-electron chi connectivity index (χ4n) is 13.6. The van der Waals surface area contributed by atoms with E-state index < -0.39 is 5.41 Å². The molecular weight excluding hydrogens is 835 g/mol. The van der Waals surface area contributed by atoms with Gasteiger partial charge < -0.3 is 9.32 Å². The van der Waals surface area contributed by atoms with E-state index in [1.165, 1.54) is 100 Å². The van der Waals surface area contributed by atoms with Crippen molar-refractivity contribution in [2.24, 2.45) is 0 Å². The van der Waals surface area contributed by atoms with Crippen LogP contribution in [-0.2, 0) is 16.2 Å². The Hall–Kier alpha value is -8.20. The topological polar surface area (TPSA) is 16.4 Å². The average Bonchev–Trinajstić information content (AvgIpc) is 4.13. The fraction of sp³-hybridized carbons (Fsp3) is 0.104. The summed E-state index contributed by atoms with van der Waals surface area (Å²) in [6.07, 6.45) is 0. The molecule has 1 spiro atoms. The lowest BCUT2D eigenvalue weighted by Crippen LogP contribution is -2.26. The van der Waals surface area contributed by atoms with Crippen LogP contribution in [0.2, 0.25) is 0 Å². The van der Waals surface area contributed by atoms with E-state index in [4.69, 9.17) is 4.42 Å². The molecule has 0 saturated heterocycles. The van der Waals surface area contributed by atoms with Crippen molar-refractivity contribution in [1.82, 2.24) is 0 Å². The molecule has 69 heavy (non-hydrogen) atoms. The second-order valence-electron chi connectivity index (χ2n) is 20.7. The van der Waals surface area contributed by atoms with Gasteiger partial charge >= 0.3 is 0 Å². The van der Waals surface area contributed by atoms with Crippen molar-refractivity contribution in [1.29, 1.82) is 0 Å². The summed E-state index contributed by atoms with van der Waals surface area (Å²) in [4.78, 5) is 2.51. The quantitative estimate of drug-likeness (QED) is 0.175. The van der Waals surface area contributed by atoms with Gasteiger partial charge in [0.05, 0.1) is 5.41 Å². The number of nitrogens with zero attached hydrogens (tertiary/aromatic N) is 1. The SMILES string of the molecule is CC1(C)c2ccccc2-c2ccc(N(c3cccc(-c4cccc5c4C4(c6ccccc6-5)c5ccccc5-c5c4ccc4c5oc5ccccc54)c3)c3ccc4c(c3)C(C)(C)c3ccccc3-4)cc21. The van der Waals surface area contributed by atoms with Crippen molar-refractivity contribution in [3.05, 3.63) is 257 Å². The summed E-state index contributed by atoms with van der Waals surface area (Å²) in [7, 11) is 0. The zero-order valence-electron chi connectivity index (χ0n) is 39.1. The number of para-hydroxylation sites is 1. The molecular formula is C67H47NO. The second kappa shape index (κ2) is 13.5. The summed E-state index contributed by atoms with van der Waals surface area (Å²) >= 11 is 0. The van der Waals surface area contributed by atoms with Crippen molar-refractivity contribution < 1.29 is 4.42 Å². The Morgan fingerprint density at radius 2 is 0.826 bits per heavy atom. The molecule has 4 aliphatic rings. The van der Waals surface area contributed by atoms with Crippen molar-refractivity contribution >= 4 is 39.0 Å². The van der Waals surface area contributed by atoms with E-state index >= 15 is 0 Å². The zero-order valence-corrected chi connectivity index (χ0v) is 39.1. The van der Waals surface area contributed by atoms with Gasteiger partial charge in [0.15, 0.2) is 0 Å². The Morgan fingerprint density at radius 1 is 0.333 bits per heavy atom. The minimum absolute atomic E-state index is 0.146. The van der Waals surface area contributed by atoms with E-state index in [0.29, 0.717) is 0 Å². The first-order valence-corrected chi connectivity index (χ1v) is 24.4. The molecule has 1 heterocycles. The van der Waals surface area contributed by atoms with E-state index in [1.54, 1.807) is 0 Å². The average molecular weight is 882 g/mol. The molecule has 0 saturated carbocycles. The van der Waals surface area contributed by atoms with Gasteiger partial charge in [0.2, 0.25) is 0 Å². The summed E-state index contributed by atoms with van der Waals surface area (Å²) in [5.41, 5.74) is 27.8. The summed E-state index contributed by atoms with van der Waals surface area (Å²) in [5.74, 6) is 0. The maximum atomic E-state index is 6.88. The number of hydrogen-bond donors (Lipinski definition) is 0. The normalized spacial score (nSPS) is 16.7. The van der Waals surface area contributed by atoms with Gasteiger partial charge in [-0.1, -0.05) is 198 Å². The highest BCUT2D eigenvalue weighted by atomic mass is 16.3. The minimum Gasteiger partial charge on any atom is -0.455 e. The minimum atomic E-state index is -0.571. The van der Waals surface area contributed by atoms with Gasteiger partial charge in [-0.25, -0.2) is 0 Å². The first-order chi connectivity index (χ1) is 33.7. The molecule has 0 radical (unpaired) electrons. The summed E-state index contributed by atoms with van der Waals surface area (Å²) in [6.45, 7) is 9.52. The van der Waals surface area contributed by atoms with Crippen LogP contribution in [0.1, 0.15) is 72.2 Å². The van der Waals surface area contributed by atoms with Gasteiger partial charge in [-0.3, -0.25) is 0 Å². The number of hydrogen-bond acceptors (Lipinski definition) is 2. The Labute approximate surface area is 402 Å². The molecule has 0 aliphatic heterocycles. The van der Waals surface area contributed by atoms with Crippen LogP contribution in [0.25, 0.3) is 77.6 Å². The molecule has 0 fully saturated rings. The number of rotatable bonds is 4.